The van der Waals surface area contributed by atoms with Crippen LogP contribution in [0.2, 0.25) is 0 Å². The van der Waals surface area contributed by atoms with Gasteiger partial charge in [-0.05, 0) is 44.9 Å². The summed E-state index contributed by atoms with van der Waals surface area (Å²) in [5.41, 5.74) is 0. The summed E-state index contributed by atoms with van der Waals surface area (Å²) in [4.78, 5) is 0. The number of allylic oxidation sites excluding steroid dienone is 4. The Labute approximate surface area is 228 Å². The van der Waals surface area contributed by atoms with Gasteiger partial charge in [0.2, 0.25) is 0 Å². The molecule has 0 spiro atoms. The van der Waals surface area contributed by atoms with Gasteiger partial charge >= 0.3 is 0 Å². The van der Waals surface area contributed by atoms with Crippen molar-refractivity contribution in [3.8, 4) is 0 Å². The smallest absolute Gasteiger partial charge is 0.0353 e. The van der Waals surface area contributed by atoms with Crippen molar-refractivity contribution in [2.75, 3.05) is 0 Å². The molecule has 0 atom stereocenters. The molecule has 0 aromatic heterocycles. The zero-order valence-electron chi connectivity index (χ0n) is 23.3. The fourth-order valence-electron chi connectivity index (χ4n) is 2.88. The quantitative estimate of drug-likeness (QED) is 0.116. The molecule has 0 saturated carbocycles. The zero-order chi connectivity index (χ0) is 25.0. The summed E-state index contributed by atoms with van der Waals surface area (Å²) >= 11 is 0. The topological polar surface area (TPSA) is 0 Å². The maximum Gasteiger partial charge on any atom is -0.0353 e. The first-order valence-electron chi connectivity index (χ1n) is 14.1. The summed E-state index contributed by atoms with van der Waals surface area (Å²) in [5, 5.41) is 0. The minimum atomic E-state index is 0. The van der Waals surface area contributed by atoms with Crippen LogP contribution in [0.4, 0.5) is 0 Å². The molecule has 0 amide bonds. The molecule has 0 bridgehead atoms. The van der Waals surface area contributed by atoms with Gasteiger partial charge in [0.15, 0.2) is 0 Å². The van der Waals surface area contributed by atoms with Gasteiger partial charge in [0, 0.05) is 0 Å². The largest absolute Gasteiger partial charge is 0.103 e. The van der Waals surface area contributed by atoms with Gasteiger partial charge in [0.05, 0.1) is 0 Å². The number of unbranched alkanes of at least 4 members (excludes halogenated alkanes) is 16. The average molecular weight is 497 g/mol. The summed E-state index contributed by atoms with van der Waals surface area (Å²) in [6.07, 6.45) is 34.6. The minimum absolute atomic E-state index is 0. The molecule has 0 rings (SSSR count). The van der Waals surface area contributed by atoms with Crippen LogP contribution in [0.1, 0.15) is 178 Å². The third-order valence-electron chi connectivity index (χ3n) is 5.03. The standard InChI is InChI=1S/C11H22.C9H18.C7H14.C5H10.3CH4/c1-3-5-7-9-11-10-8-6-4-2;1-3-5-7-9-8-6-4-2;1-3-5-7-6-4-2;1-3-5-4-2;;;/h3H,1,4-11H2,2H3;3H,1,4-9H2,2H3;3H,1,4-7H2,2H3;3H,1,4-5H2,2H3;3*1H4. The fraction of sp³-hybridized carbons (Fsp3) is 0.771. The number of rotatable bonds is 20. The van der Waals surface area contributed by atoms with Crippen molar-refractivity contribution in [3.05, 3.63) is 50.6 Å². The Kier molecular flexibility index (Phi) is 92.6. The lowest BCUT2D eigenvalue weighted by atomic mass is 10.1. The van der Waals surface area contributed by atoms with Crippen LogP contribution in [0, 0.1) is 0 Å². The van der Waals surface area contributed by atoms with Crippen LogP contribution in [-0.2, 0) is 0 Å². The number of hydrogen-bond donors (Lipinski definition) is 0. The number of hydrogen-bond acceptors (Lipinski definition) is 0. The van der Waals surface area contributed by atoms with Gasteiger partial charge in [-0.25, -0.2) is 0 Å². The average Bonchev–Trinajstić information content (AvgIpc) is 2.81. The Hall–Kier alpha value is -1.04. The Morgan fingerprint density at radius 3 is 0.771 bits per heavy atom. The SMILES string of the molecule is C.C.C.C=CCCC.C=CCCCCC.C=CCCCCCCC.C=CCCCCCCCCC. The van der Waals surface area contributed by atoms with Gasteiger partial charge in [0.25, 0.3) is 0 Å². The molecule has 0 fully saturated rings. The molecule has 35 heavy (non-hydrogen) atoms. The first-order valence-corrected chi connectivity index (χ1v) is 14.1. The maximum absolute atomic E-state index is 3.71. The predicted octanol–water partition coefficient (Wildman–Crippen LogP) is 14.5. The molecule has 0 nitrogen and oxygen atoms in total. The van der Waals surface area contributed by atoms with Gasteiger partial charge in [-0.2, -0.15) is 0 Å². The van der Waals surface area contributed by atoms with Gasteiger partial charge in [-0.1, -0.05) is 158 Å². The van der Waals surface area contributed by atoms with E-state index in [0.29, 0.717) is 0 Å². The van der Waals surface area contributed by atoms with Crippen molar-refractivity contribution in [2.45, 2.75) is 178 Å². The molecule has 0 aliphatic rings. The normalized spacial score (nSPS) is 8.34. The molecule has 0 aromatic rings. The van der Waals surface area contributed by atoms with E-state index in [0.717, 1.165) is 6.42 Å². The van der Waals surface area contributed by atoms with Gasteiger partial charge in [-0.3, -0.25) is 0 Å². The monoisotopic (exact) mass is 497 g/mol. The molecule has 0 unspecified atom stereocenters. The summed E-state index contributed by atoms with van der Waals surface area (Å²) in [5.74, 6) is 0. The highest BCUT2D eigenvalue weighted by atomic mass is 13.9. The van der Waals surface area contributed by atoms with Crippen LogP contribution in [-0.4, -0.2) is 0 Å². The van der Waals surface area contributed by atoms with Crippen LogP contribution in [0.25, 0.3) is 0 Å². The summed E-state index contributed by atoms with van der Waals surface area (Å²) in [6.45, 7) is 23.4. The van der Waals surface area contributed by atoms with E-state index < -0.39 is 0 Å². The molecular weight excluding hydrogens is 420 g/mol. The predicted molar refractivity (Wildman–Crippen MR) is 176 cm³/mol. The fourth-order valence-corrected chi connectivity index (χ4v) is 2.88. The molecule has 0 heteroatoms. The van der Waals surface area contributed by atoms with E-state index in [-0.39, 0.29) is 22.3 Å². The molecule has 0 aromatic carbocycles. The van der Waals surface area contributed by atoms with E-state index in [2.05, 4.69) is 54.0 Å². The Morgan fingerprint density at radius 2 is 0.543 bits per heavy atom. The van der Waals surface area contributed by atoms with Crippen molar-refractivity contribution in [1.29, 1.82) is 0 Å². The van der Waals surface area contributed by atoms with E-state index in [1.54, 1.807) is 0 Å². The van der Waals surface area contributed by atoms with Crippen LogP contribution in [0.5, 0.6) is 0 Å². The van der Waals surface area contributed by atoms with E-state index in [4.69, 9.17) is 0 Å². The highest BCUT2D eigenvalue weighted by Gasteiger charge is 1.88. The Balaban J connectivity index is -0.0000000600. The summed E-state index contributed by atoms with van der Waals surface area (Å²) in [6, 6.07) is 0. The highest BCUT2D eigenvalue weighted by molar-refractivity contribution is 4.66. The first kappa shape index (κ1) is 50.8. The van der Waals surface area contributed by atoms with Gasteiger partial charge in [0.1, 0.15) is 0 Å². The Bertz CT molecular complexity index is 312. The lowest BCUT2D eigenvalue weighted by Gasteiger charge is -1.98. The van der Waals surface area contributed by atoms with Crippen molar-refractivity contribution >= 4 is 0 Å². The first-order chi connectivity index (χ1) is 15.7. The van der Waals surface area contributed by atoms with Gasteiger partial charge < -0.3 is 0 Å². The lowest BCUT2D eigenvalue weighted by molar-refractivity contribution is 0.592. The van der Waals surface area contributed by atoms with E-state index >= 15 is 0 Å². The third kappa shape index (κ3) is 87.9. The van der Waals surface area contributed by atoms with Crippen molar-refractivity contribution < 1.29 is 0 Å². The lowest BCUT2D eigenvalue weighted by Crippen LogP contribution is -1.78. The molecule has 0 heterocycles. The second kappa shape index (κ2) is 63.9. The summed E-state index contributed by atoms with van der Waals surface area (Å²) in [7, 11) is 0. The van der Waals surface area contributed by atoms with Crippen molar-refractivity contribution in [1.82, 2.24) is 0 Å². The molecule has 216 valence electrons. The highest BCUT2D eigenvalue weighted by Crippen LogP contribution is 2.08. The molecule has 0 radical (unpaired) electrons. The minimum Gasteiger partial charge on any atom is -0.103 e. The Morgan fingerprint density at radius 1 is 0.314 bits per heavy atom. The molecule has 0 aliphatic carbocycles. The maximum atomic E-state index is 3.71. The van der Waals surface area contributed by atoms with Crippen LogP contribution in [0.15, 0.2) is 50.6 Å². The van der Waals surface area contributed by atoms with Crippen molar-refractivity contribution in [3.63, 3.8) is 0 Å². The van der Waals surface area contributed by atoms with E-state index in [9.17, 15) is 0 Å². The van der Waals surface area contributed by atoms with Gasteiger partial charge in [-0.15, -0.1) is 26.3 Å². The molecule has 0 aliphatic heterocycles. The van der Waals surface area contributed by atoms with E-state index in [1.165, 1.54) is 122 Å². The second-order valence-corrected chi connectivity index (χ2v) is 8.55. The molecule has 0 N–H and O–H groups in total. The molecular formula is C35H76. The van der Waals surface area contributed by atoms with Crippen LogP contribution >= 0.6 is 0 Å². The summed E-state index contributed by atoms with van der Waals surface area (Å²) < 4.78 is 0. The second-order valence-electron chi connectivity index (χ2n) is 8.55. The van der Waals surface area contributed by atoms with Crippen molar-refractivity contribution in [2.24, 2.45) is 0 Å². The third-order valence-corrected chi connectivity index (χ3v) is 5.03. The molecule has 0 saturated heterocycles. The zero-order valence-corrected chi connectivity index (χ0v) is 23.3. The van der Waals surface area contributed by atoms with E-state index in [1.807, 2.05) is 24.3 Å². The van der Waals surface area contributed by atoms with Crippen LogP contribution in [0.3, 0.4) is 0 Å². The van der Waals surface area contributed by atoms with Crippen LogP contribution < -0.4 is 0 Å².